The minimum absolute atomic E-state index is 0.124. The van der Waals surface area contributed by atoms with Gasteiger partial charge in [-0.2, -0.15) is 11.3 Å². The van der Waals surface area contributed by atoms with Crippen LogP contribution in [0.5, 0.6) is 0 Å². The molecular weight excluding hydrogens is 254 g/mol. The number of H-pyrrole nitrogens is 1. The molecule has 6 heteroatoms. The summed E-state index contributed by atoms with van der Waals surface area (Å²) in [6.07, 6.45) is 0. The van der Waals surface area contributed by atoms with E-state index in [1.54, 1.807) is 18.3 Å². The van der Waals surface area contributed by atoms with E-state index in [1.165, 1.54) is 23.4 Å². The van der Waals surface area contributed by atoms with Crippen molar-refractivity contribution in [2.75, 3.05) is 6.54 Å². The molecule has 4 nitrogen and oxygen atoms in total. The minimum Gasteiger partial charge on any atom is -0.329 e. The monoisotopic (exact) mass is 267 g/mol. The number of rotatable bonds is 4. The van der Waals surface area contributed by atoms with Crippen LogP contribution in [-0.2, 0) is 0 Å². The van der Waals surface area contributed by atoms with Crippen LogP contribution < -0.4 is 11.3 Å². The molecule has 0 aliphatic heterocycles. The van der Waals surface area contributed by atoms with Gasteiger partial charge in [0.15, 0.2) is 5.16 Å². The molecule has 3 N–H and O–H groups in total. The van der Waals surface area contributed by atoms with E-state index in [1.807, 2.05) is 11.4 Å². The van der Waals surface area contributed by atoms with Gasteiger partial charge >= 0.3 is 0 Å². The van der Waals surface area contributed by atoms with E-state index in [-0.39, 0.29) is 10.8 Å². The van der Waals surface area contributed by atoms with Gasteiger partial charge in [0.05, 0.1) is 5.25 Å². The molecule has 1 atom stereocenters. The molecule has 0 saturated heterocycles. The van der Waals surface area contributed by atoms with Crippen LogP contribution in [0.1, 0.15) is 16.5 Å². The summed E-state index contributed by atoms with van der Waals surface area (Å²) in [5, 5.41) is 4.84. The van der Waals surface area contributed by atoms with Crippen molar-refractivity contribution in [2.45, 2.75) is 17.3 Å². The standard InChI is InChI=1S/C11H13N3OS2/c1-7-4-10(15)14-11(13-7)17-9(5-12)8-2-3-16-6-8/h2-4,6,9H,5,12H2,1H3,(H,13,14,15). The molecule has 0 saturated carbocycles. The maximum absolute atomic E-state index is 11.3. The molecule has 2 aromatic heterocycles. The number of aromatic amines is 1. The van der Waals surface area contributed by atoms with E-state index >= 15 is 0 Å². The molecule has 0 amide bonds. The summed E-state index contributed by atoms with van der Waals surface area (Å²) >= 11 is 3.13. The topological polar surface area (TPSA) is 71.8 Å². The summed E-state index contributed by atoms with van der Waals surface area (Å²) in [6, 6.07) is 3.52. The number of hydrogen-bond donors (Lipinski definition) is 2. The number of aromatic nitrogens is 2. The first-order valence-corrected chi connectivity index (χ1v) is 6.98. The zero-order chi connectivity index (χ0) is 12.3. The van der Waals surface area contributed by atoms with Gasteiger partial charge < -0.3 is 10.7 Å². The van der Waals surface area contributed by atoms with Crippen molar-refractivity contribution >= 4 is 23.1 Å². The molecule has 2 aromatic rings. The third-order valence-electron chi connectivity index (χ3n) is 2.23. The average molecular weight is 267 g/mol. The highest BCUT2D eigenvalue weighted by atomic mass is 32.2. The Labute approximate surface area is 107 Å². The van der Waals surface area contributed by atoms with Crippen LogP contribution in [-0.4, -0.2) is 16.5 Å². The Morgan fingerprint density at radius 1 is 1.65 bits per heavy atom. The van der Waals surface area contributed by atoms with Gasteiger partial charge in [0, 0.05) is 18.3 Å². The van der Waals surface area contributed by atoms with Crippen LogP contribution >= 0.6 is 23.1 Å². The number of nitrogens with two attached hydrogens (primary N) is 1. The summed E-state index contributed by atoms with van der Waals surface area (Å²) in [5.41, 5.74) is 7.52. The quantitative estimate of drug-likeness (QED) is 0.656. The Kier molecular flexibility index (Phi) is 3.98. The SMILES string of the molecule is Cc1cc(=O)[nH]c(SC(CN)c2ccsc2)n1. The molecule has 0 radical (unpaired) electrons. The highest BCUT2D eigenvalue weighted by molar-refractivity contribution is 7.99. The Hall–Kier alpha value is -1.11. The van der Waals surface area contributed by atoms with Gasteiger partial charge in [0.2, 0.25) is 0 Å². The van der Waals surface area contributed by atoms with Crippen molar-refractivity contribution in [3.05, 3.63) is 44.5 Å². The second-order valence-electron chi connectivity index (χ2n) is 3.59. The van der Waals surface area contributed by atoms with Crippen molar-refractivity contribution in [3.8, 4) is 0 Å². The van der Waals surface area contributed by atoms with Crippen molar-refractivity contribution in [3.63, 3.8) is 0 Å². The normalized spacial score (nSPS) is 12.6. The van der Waals surface area contributed by atoms with Crippen LogP contribution in [0, 0.1) is 6.92 Å². The maximum atomic E-state index is 11.3. The lowest BCUT2D eigenvalue weighted by molar-refractivity contribution is 0.881. The van der Waals surface area contributed by atoms with Gasteiger partial charge in [0.25, 0.3) is 5.56 Å². The van der Waals surface area contributed by atoms with E-state index < -0.39 is 0 Å². The summed E-state index contributed by atoms with van der Waals surface area (Å²) < 4.78 is 0. The highest BCUT2D eigenvalue weighted by Crippen LogP contribution is 2.32. The lowest BCUT2D eigenvalue weighted by atomic mass is 10.2. The van der Waals surface area contributed by atoms with Crippen LogP contribution in [0.3, 0.4) is 0 Å². The molecule has 0 aliphatic carbocycles. The molecule has 90 valence electrons. The number of thioether (sulfide) groups is 1. The predicted molar refractivity (Wildman–Crippen MR) is 71.6 cm³/mol. The van der Waals surface area contributed by atoms with Gasteiger partial charge in [-0.25, -0.2) is 4.98 Å². The third-order valence-corrected chi connectivity index (χ3v) is 4.10. The Balaban J connectivity index is 2.21. The van der Waals surface area contributed by atoms with Gasteiger partial charge in [-0.05, 0) is 29.3 Å². The second-order valence-corrected chi connectivity index (χ2v) is 5.56. The Morgan fingerprint density at radius 2 is 2.47 bits per heavy atom. The minimum atomic E-state index is -0.124. The van der Waals surface area contributed by atoms with Gasteiger partial charge in [0.1, 0.15) is 0 Å². The zero-order valence-electron chi connectivity index (χ0n) is 9.34. The van der Waals surface area contributed by atoms with Crippen LogP contribution in [0.15, 0.2) is 32.8 Å². The Morgan fingerprint density at radius 3 is 3.06 bits per heavy atom. The number of nitrogens with one attached hydrogen (secondary N) is 1. The molecule has 0 fully saturated rings. The fourth-order valence-electron chi connectivity index (χ4n) is 1.45. The number of hydrogen-bond acceptors (Lipinski definition) is 5. The fourth-order valence-corrected chi connectivity index (χ4v) is 3.26. The van der Waals surface area contributed by atoms with Gasteiger partial charge in [-0.1, -0.05) is 11.8 Å². The van der Waals surface area contributed by atoms with Crippen molar-refractivity contribution in [1.29, 1.82) is 0 Å². The number of thiophene rings is 1. The fraction of sp³-hybridized carbons (Fsp3) is 0.273. The van der Waals surface area contributed by atoms with Crippen molar-refractivity contribution < 1.29 is 0 Å². The van der Waals surface area contributed by atoms with Crippen molar-refractivity contribution in [2.24, 2.45) is 5.73 Å². The van der Waals surface area contributed by atoms with Crippen LogP contribution in [0.4, 0.5) is 0 Å². The summed E-state index contributed by atoms with van der Waals surface area (Å²) in [6.45, 7) is 2.32. The van der Waals surface area contributed by atoms with E-state index in [0.29, 0.717) is 11.7 Å². The molecule has 2 heterocycles. The smallest absolute Gasteiger partial charge is 0.251 e. The molecule has 1 unspecified atom stereocenters. The lowest BCUT2D eigenvalue weighted by Crippen LogP contribution is -2.12. The van der Waals surface area contributed by atoms with E-state index in [0.717, 1.165) is 5.69 Å². The molecule has 0 aliphatic rings. The first-order valence-electron chi connectivity index (χ1n) is 5.16. The molecular formula is C11H13N3OS2. The first-order chi connectivity index (χ1) is 8.19. The van der Waals surface area contributed by atoms with E-state index in [2.05, 4.69) is 15.3 Å². The van der Waals surface area contributed by atoms with Crippen LogP contribution in [0.25, 0.3) is 0 Å². The highest BCUT2D eigenvalue weighted by Gasteiger charge is 2.13. The molecule has 0 bridgehead atoms. The molecule has 0 aromatic carbocycles. The zero-order valence-corrected chi connectivity index (χ0v) is 11.0. The largest absolute Gasteiger partial charge is 0.329 e. The summed E-state index contributed by atoms with van der Waals surface area (Å²) in [5.74, 6) is 0. The van der Waals surface area contributed by atoms with Gasteiger partial charge in [-0.15, -0.1) is 0 Å². The average Bonchev–Trinajstić information content (AvgIpc) is 2.77. The lowest BCUT2D eigenvalue weighted by Gasteiger charge is -2.11. The predicted octanol–water partition coefficient (Wildman–Crippen LogP) is 1.93. The van der Waals surface area contributed by atoms with E-state index in [9.17, 15) is 4.79 Å². The van der Waals surface area contributed by atoms with Gasteiger partial charge in [-0.3, -0.25) is 4.79 Å². The maximum Gasteiger partial charge on any atom is 0.251 e. The van der Waals surface area contributed by atoms with Crippen LogP contribution in [0.2, 0.25) is 0 Å². The molecule has 17 heavy (non-hydrogen) atoms. The second kappa shape index (κ2) is 5.48. The van der Waals surface area contributed by atoms with E-state index in [4.69, 9.17) is 5.73 Å². The number of nitrogens with zero attached hydrogens (tertiary/aromatic N) is 1. The third kappa shape index (κ3) is 3.18. The molecule has 0 spiro atoms. The van der Waals surface area contributed by atoms with Crippen molar-refractivity contribution in [1.82, 2.24) is 9.97 Å². The summed E-state index contributed by atoms with van der Waals surface area (Å²) in [7, 11) is 0. The number of aryl methyl sites for hydroxylation is 1. The summed E-state index contributed by atoms with van der Waals surface area (Å²) in [4.78, 5) is 18.3. The first kappa shape index (κ1) is 12.3. The molecule has 2 rings (SSSR count). The Bertz CT molecular complexity index is 536.